The van der Waals surface area contributed by atoms with Crippen LogP contribution in [-0.2, 0) is 14.3 Å². The molecule has 6 nitrogen and oxygen atoms in total. The number of amides is 1. The first-order valence-electron chi connectivity index (χ1n) is 6.60. The van der Waals surface area contributed by atoms with E-state index in [4.69, 9.17) is 26.3 Å². The molecule has 0 aliphatic heterocycles. The van der Waals surface area contributed by atoms with E-state index < -0.39 is 12.2 Å². The number of alkyl halides is 1. The Morgan fingerprint density at radius 2 is 2.05 bits per heavy atom. The molecule has 0 saturated heterocycles. The molecule has 2 N–H and O–H groups in total. The van der Waals surface area contributed by atoms with Crippen LogP contribution in [0, 0.1) is 11.3 Å². The summed E-state index contributed by atoms with van der Waals surface area (Å²) in [4.78, 5) is 11.6. The first-order chi connectivity index (χ1) is 9.69. The number of nitriles is 1. The molecule has 0 saturated carbocycles. The molecule has 0 aliphatic rings. The molecule has 0 radical (unpaired) electrons. The zero-order chi connectivity index (χ0) is 15.2. The van der Waals surface area contributed by atoms with Crippen molar-refractivity contribution in [2.45, 2.75) is 26.6 Å². The normalized spacial score (nSPS) is 11.2. The van der Waals surface area contributed by atoms with Crippen molar-refractivity contribution in [3.05, 3.63) is 11.8 Å². The van der Waals surface area contributed by atoms with Crippen molar-refractivity contribution in [3.8, 4) is 6.07 Å². The van der Waals surface area contributed by atoms with Gasteiger partial charge in [-0.2, -0.15) is 5.26 Å². The molecule has 114 valence electrons. The summed E-state index contributed by atoms with van der Waals surface area (Å²) in [6, 6.07) is 1.84. The predicted octanol–water partition coefficient (Wildman–Crippen LogP) is 1.13. The lowest BCUT2D eigenvalue weighted by molar-refractivity contribution is -0.131. The molecule has 7 heteroatoms. The maximum atomic E-state index is 11.6. The minimum absolute atomic E-state index is 0.00585. The van der Waals surface area contributed by atoms with Crippen LogP contribution in [0.1, 0.15) is 20.3 Å². The monoisotopic (exact) mass is 303 g/mol. The summed E-state index contributed by atoms with van der Waals surface area (Å²) in [7, 11) is 0. The fourth-order valence-corrected chi connectivity index (χ4v) is 1.44. The third kappa shape index (κ3) is 8.75. The van der Waals surface area contributed by atoms with E-state index in [1.807, 2.05) is 19.9 Å². The summed E-state index contributed by atoms with van der Waals surface area (Å²) in [5, 5.41) is 14.4. The molecule has 0 aliphatic carbocycles. The van der Waals surface area contributed by atoms with Crippen LogP contribution in [0.4, 0.5) is 0 Å². The van der Waals surface area contributed by atoms with Crippen molar-refractivity contribution in [3.63, 3.8) is 0 Å². The molecular weight excluding hydrogens is 282 g/mol. The Morgan fingerprint density at radius 3 is 2.55 bits per heavy atom. The van der Waals surface area contributed by atoms with Crippen molar-refractivity contribution in [1.82, 2.24) is 10.6 Å². The second-order valence-corrected chi connectivity index (χ2v) is 4.09. The van der Waals surface area contributed by atoms with Gasteiger partial charge in [-0.25, -0.2) is 0 Å². The van der Waals surface area contributed by atoms with Crippen LogP contribution in [0.3, 0.4) is 0 Å². The van der Waals surface area contributed by atoms with Crippen molar-refractivity contribution < 1.29 is 14.3 Å². The van der Waals surface area contributed by atoms with E-state index in [9.17, 15) is 4.79 Å². The summed E-state index contributed by atoms with van der Waals surface area (Å²) >= 11 is 5.51. The highest BCUT2D eigenvalue weighted by Gasteiger charge is 2.09. The van der Waals surface area contributed by atoms with Crippen molar-refractivity contribution >= 4 is 17.5 Å². The Hall–Kier alpha value is -1.29. The number of hydrogen-bond donors (Lipinski definition) is 2. The van der Waals surface area contributed by atoms with Crippen molar-refractivity contribution in [2.75, 3.05) is 32.2 Å². The minimum atomic E-state index is -0.422. The standard InChI is InChI=1S/C13H22ClN3O3/c1-3-19-12(20-4-2)10-16-9-11(8-15)13(18)17-7-5-6-14/h9,12,16H,3-7,10H2,1-2H3,(H,17,18)/b11-9-. The van der Waals surface area contributed by atoms with Gasteiger partial charge in [0, 0.05) is 31.8 Å². The van der Waals surface area contributed by atoms with Gasteiger partial charge >= 0.3 is 0 Å². The number of rotatable bonds is 11. The molecular formula is C13H22ClN3O3. The number of nitrogens with zero attached hydrogens (tertiary/aromatic N) is 1. The predicted molar refractivity (Wildman–Crippen MR) is 77.1 cm³/mol. The summed E-state index contributed by atoms with van der Waals surface area (Å²) in [6.45, 7) is 5.60. The minimum Gasteiger partial charge on any atom is -0.385 e. The molecule has 0 spiro atoms. The van der Waals surface area contributed by atoms with Gasteiger partial charge in [0.1, 0.15) is 11.6 Å². The first-order valence-corrected chi connectivity index (χ1v) is 7.14. The summed E-state index contributed by atoms with van der Waals surface area (Å²) in [6.07, 6.45) is 1.62. The van der Waals surface area contributed by atoms with E-state index in [0.29, 0.717) is 38.6 Å². The molecule has 0 heterocycles. The van der Waals surface area contributed by atoms with Gasteiger partial charge in [-0.1, -0.05) is 0 Å². The lowest BCUT2D eigenvalue weighted by Gasteiger charge is -2.16. The van der Waals surface area contributed by atoms with Gasteiger partial charge in [-0.15, -0.1) is 11.6 Å². The van der Waals surface area contributed by atoms with Crippen molar-refractivity contribution in [1.29, 1.82) is 5.26 Å². The maximum absolute atomic E-state index is 11.6. The van der Waals surface area contributed by atoms with E-state index in [1.165, 1.54) is 6.20 Å². The van der Waals surface area contributed by atoms with E-state index in [0.717, 1.165) is 0 Å². The second kappa shape index (κ2) is 12.7. The Balaban J connectivity index is 4.23. The highest BCUT2D eigenvalue weighted by Crippen LogP contribution is 1.95. The van der Waals surface area contributed by atoms with E-state index in [-0.39, 0.29) is 5.57 Å². The molecule has 1 amide bonds. The highest BCUT2D eigenvalue weighted by molar-refractivity contribution is 6.17. The topological polar surface area (TPSA) is 83.4 Å². The third-order valence-corrected chi connectivity index (χ3v) is 2.46. The van der Waals surface area contributed by atoms with Gasteiger partial charge in [0.2, 0.25) is 0 Å². The molecule has 0 fully saturated rings. The third-order valence-electron chi connectivity index (χ3n) is 2.20. The van der Waals surface area contributed by atoms with Gasteiger partial charge in [0.25, 0.3) is 5.91 Å². The Kier molecular flexibility index (Phi) is 11.9. The average Bonchev–Trinajstić information content (AvgIpc) is 2.44. The van der Waals surface area contributed by atoms with Crippen molar-refractivity contribution in [2.24, 2.45) is 0 Å². The second-order valence-electron chi connectivity index (χ2n) is 3.72. The van der Waals surface area contributed by atoms with Gasteiger partial charge in [0.15, 0.2) is 6.29 Å². The number of hydrogen-bond acceptors (Lipinski definition) is 5. The highest BCUT2D eigenvalue weighted by atomic mass is 35.5. The molecule has 0 atom stereocenters. The average molecular weight is 304 g/mol. The lowest BCUT2D eigenvalue weighted by Crippen LogP contribution is -2.31. The van der Waals surface area contributed by atoms with Gasteiger partial charge in [0.05, 0.1) is 6.54 Å². The van der Waals surface area contributed by atoms with Crippen LogP contribution in [0.5, 0.6) is 0 Å². The van der Waals surface area contributed by atoms with Crippen LogP contribution < -0.4 is 10.6 Å². The van der Waals surface area contributed by atoms with E-state index >= 15 is 0 Å². The van der Waals surface area contributed by atoms with Crippen LogP contribution in [0.2, 0.25) is 0 Å². The maximum Gasteiger partial charge on any atom is 0.263 e. The molecule has 0 unspecified atom stereocenters. The molecule has 0 aromatic heterocycles. The molecule has 0 bridgehead atoms. The zero-order valence-electron chi connectivity index (χ0n) is 11.9. The van der Waals surface area contributed by atoms with Crippen LogP contribution in [0.25, 0.3) is 0 Å². The molecule has 0 rings (SSSR count). The smallest absolute Gasteiger partial charge is 0.263 e. The molecule has 0 aromatic rings. The lowest BCUT2D eigenvalue weighted by atomic mass is 10.3. The summed E-state index contributed by atoms with van der Waals surface area (Å²) < 4.78 is 10.7. The van der Waals surface area contributed by atoms with E-state index in [1.54, 1.807) is 0 Å². The zero-order valence-corrected chi connectivity index (χ0v) is 12.7. The Bertz CT molecular complexity index is 336. The van der Waals surface area contributed by atoms with Gasteiger partial charge in [-0.3, -0.25) is 4.79 Å². The fraction of sp³-hybridized carbons (Fsp3) is 0.692. The summed E-state index contributed by atoms with van der Waals surface area (Å²) in [5.74, 6) is 0.0450. The quantitative estimate of drug-likeness (QED) is 0.196. The largest absolute Gasteiger partial charge is 0.385 e. The van der Waals surface area contributed by atoms with Gasteiger partial charge < -0.3 is 20.1 Å². The van der Waals surface area contributed by atoms with Crippen LogP contribution in [-0.4, -0.2) is 44.4 Å². The number of carbonyl (C=O) groups is 1. The number of ether oxygens (including phenoxy) is 2. The summed E-state index contributed by atoms with van der Waals surface area (Å²) in [5.41, 5.74) is 0.00585. The molecule has 20 heavy (non-hydrogen) atoms. The van der Waals surface area contributed by atoms with Gasteiger partial charge in [-0.05, 0) is 20.3 Å². The number of carbonyl (C=O) groups excluding carboxylic acids is 1. The first kappa shape index (κ1) is 18.7. The van der Waals surface area contributed by atoms with Crippen LogP contribution >= 0.6 is 11.6 Å². The number of nitrogens with one attached hydrogen (secondary N) is 2. The van der Waals surface area contributed by atoms with Crippen LogP contribution in [0.15, 0.2) is 11.8 Å². The SMILES string of the molecule is CCOC(CN/C=C(/C#N)C(=O)NCCCCl)OCC. The number of halogens is 1. The Morgan fingerprint density at radius 1 is 1.40 bits per heavy atom. The molecule has 0 aromatic carbocycles. The fourth-order valence-electron chi connectivity index (χ4n) is 1.31. The Labute approximate surface area is 125 Å². The van der Waals surface area contributed by atoms with E-state index in [2.05, 4.69) is 10.6 Å².